The molecular formula is C20H18N4O3S. The van der Waals surface area contributed by atoms with E-state index in [4.69, 9.17) is 9.47 Å². The van der Waals surface area contributed by atoms with Crippen molar-refractivity contribution in [3.8, 4) is 22.8 Å². The van der Waals surface area contributed by atoms with Crippen LogP contribution in [0, 0.1) is 0 Å². The number of methoxy groups -OCH3 is 1. The summed E-state index contributed by atoms with van der Waals surface area (Å²) >= 11 is 1.47. The Morgan fingerprint density at radius 3 is 2.54 bits per heavy atom. The van der Waals surface area contributed by atoms with Gasteiger partial charge in [0.15, 0.2) is 6.10 Å². The number of rotatable bonds is 6. The molecule has 7 nitrogen and oxygen atoms in total. The molecule has 8 heteroatoms. The van der Waals surface area contributed by atoms with Crippen LogP contribution in [0.5, 0.6) is 11.5 Å². The van der Waals surface area contributed by atoms with E-state index in [0.717, 1.165) is 17.0 Å². The number of carbonyl (C=O) groups is 1. The maximum Gasteiger partial charge on any atom is 0.267 e. The fraction of sp³-hybridized carbons (Fsp3) is 0.150. The number of anilines is 1. The molecule has 0 fully saturated rings. The van der Waals surface area contributed by atoms with Gasteiger partial charge in [0, 0.05) is 10.9 Å². The van der Waals surface area contributed by atoms with Crippen molar-refractivity contribution in [1.29, 1.82) is 0 Å². The third kappa shape index (κ3) is 3.67. The number of amides is 1. The molecule has 1 N–H and O–H groups in total. The molecule has 1 amide bonds. The number of nitrogens with one attached hydrogen (secondary N) is 1. The molecule has 4 rings (SSSR count). The second-order valence-electron chi connectivity index (χ2n) is 6.04. The van der Waals surface area contributed by atoms with Gasteiger partial charge < -0.3 is 9.47 Å². The number of hydrogen-bond donors (Lipinski definition) is 1. The molecule has 0 aliphatic rings. The minimum Gasteiger partial charge on any atom is -0.497 e. The summed E-state index contributed by atoms with van der Waals surface area (Å²) in [4.78, 5) is 17.5. The number of hydrogen-bond acceptors (Lipinski definition) is 6. The lowest BCUT2D eigenvalue weighted by molar-refractivity contribution is -0.122. The third-order valence-electron chi connectivity index (χ3n) is 4.13. The fourth-order valence-corrected chi connectivity index (χ4v) is 3.50. The van der Waals surface area contributed by atoms with E-state index in [1.807, 2.05) is 35.7 Å². The Morgan fingerprint density at radius 1 is 1.11 bits per heavy atom. The lowest BCUT2D eigenvalue weighted by atomic mass is 10.2. The standard InChI is InChI=1S/C20H18N4O3S/c1-13(27-16-10-8-15(26-2)9-11-16)18(25)21-19-22-20-24(23-19)17(12-28-20)14-6-4-3-5-7-14/h3-13H,1-2H3,(H,21,23,25). The van der Waals surface area contributed by atoms with Crippen molar-refractivity contribution in [2.24, 2.45) is 0 Å². The Morgan fingerprint density at radius 2 is 1.82 bits per heavy atom. The van der Waals surface area contributed by atoms with Gasteiger partial charge in [0.2, 0.25) is 4.96 Å². The third-order valence-corrected chi connectivity index (χ3v) is 4.94. The van der Waals surface area contributed by atoms with Crippen molar-refractivity contribution >= 4 is 28.2 Å². The van der Waals surface area contributed by atoms with Crippen LogP contribution in [-0.2, 0) is 4.79 Å². The number of thiazole rings is 1. The zero-order valence-electron chi connectivity index (χ0n) is 15.3. The molecule has 1 atom stereocenters. The molecule has 0 bridgehead atoms. The molecule has 0 aliphatic heterocycles. The Bertz CT molecular complexity index is 1090. The van der Waals surface area contributed by atoms with E-state index in [2.05, 4.69) is 15.4 Å². The van der Waals surface area contributed by atoms with Gasteiger partial charge in [-0.2, -0.15) is 4.98 Å². The van der Waals surface area contributed by atoms with Crippen LogP contribution in [0.3, 0.4) is 0 Å². The van der Waals surface area contributed by atoms with Crippen LogP contribution in [0.1, 0.15) is 6.92 Å². The highest BCUT2D eigenvalue weighted by Crippen LogP contribution is 2.25. The average Bonchev–Trinajstić information content (AvgIpc) is 3.29. The van der Waals surface area contributed by atoms with Crippen LogP contribution >= 0.6 is 11.3 Å². The summed E-state index contributed by atoms with van der Waals surface area (Å²) in [7, 11) is 1.60. The van der Waals surface area contributed by atoms with Gasteiger partial charge in [-0.25, -0.2) is 4.52 Å². The van der Waals surface area contributed by atoms with Gasteiger partial charge in [0.1, 0.15) is 11.5 Å². The van der Waals surface area contributed by atoms with E-state index < -0.39 is 6.10 Å². The molecule has 0 saturated carbocycles. The van der Waals surface area contributed by atoms with Gasteiger partial charge in [-0.05, 0) is 31.2 Å². The monoisotopic (exact) mass is 394 g/mol. The van der Waals surface area contributed by atoms with Crippen LogP contribution < -0.4 is 14.8 Å². The normalized spacial score (nSPS) is 11.9. The minimum atomic E-state index is -0.705. The van der Waals surface area contributed by atoms with Gasteiger partial charge in [-0.1, -0.05) is 30.3 Å². The fourth-order valence-electron chi connectivity index (χ4n) is 2.67. The highest BCUT2D eigenvalue weighted by molar-refractivity contribution is 7.15. The Hall–Kier alpha value is -3.39. The van der Waals surface area contributed by atoms with Crippen LogP contribution in [0.4, 0.5) is 5.95 Å². The van der Waals surface area contributed by atoms with Gasteiger partial charge in [-0.3, -0.25) is 10.1 Å². The highest BCUT2D eigenvalue weighted by atomic mass is 32.1. The molecule has 28 heavy (non-hydrogen) atoms. The molecular weight excluding hydrogens is 376 g/mol. The van der Waals surface area contributed by atoms with E-state index in [1.54, 1.807) is 42.8 Å². The number of ether oxygens (including phenoxy) is 2. The summed E-state index contributed by atoms with van der Waals surface area (Å²) in [5.41, 5.74) is 1.96. The van der Waals surface area contributed by atoms with E-state index in [9.17, 15) is 4.79 Å². The van der Waals surface area contributed by atoms with Crippen LogP contribution in [0.2, 0.25) is 0 Å². The van der Waals surface area contributed by atoms with Gasteiger partial charge in [-0.15, -0.1) is 16.4 Å². The van der Waals surface area contributed by atoms with Gasteiger partial charge >= 0.3 is 0 Å². The predicted octanol–water partition coefficient (Wildman–Crippen LogP) is 3.87. The van der Waals surface area contributed by atoms with Crippen molar-refractivity contribution in [3.05, 3.63) is 60.0 Å². The molecule has 2 aromatic heterocycles. The summed E-state index contributed by atoms with van der Waals surface area (Å²) in [6, 6.07) is 17.0. The van der Waals surface area contributed by atoms with Gasteiger partial charge in [0.25, 0.3) is 11.9 Å². The number of benzene rings is 2. The first-order valence-electron chi connectivity index (χ1n) is 8.65. The highest BCUT2D eigenvalue weighted by Gasteiger charge is 2.18. The maximum absolute atomic E-state index is 12.4. The van der Waals surface area contributed by atoms with E-state index in [-0.39, 0.29) is 11.9 Å². The molecule has 0 aliphatic carbocycles. The van der Waals surface area contributed by atoms with E-state index in [1.165, 1.54) is 11.3 Å². The zero-order chi connectivity index (χ0) is 19.5. The van der Waals surface area contributed by atoms with Crippen LogP contribution in [0.25, 0.3) is 16.2 Å². The molecule has 1 unspecified atom stereocenters. The van der Waals surface area contributed by atoms with Crippen molar-refractivity contribution in [2.45, 2.75) is 13.0 Å². The number of nitrogens with zero attached hydrogens (tertiary/aromatic N) is 3. The predicted molar refractivity (Wildman–Crippen MR) is 108 cm³/mol. The van der Waals surface area contributed by atoms with Crippen molar-refractivity contribution < 1.29 is 14.3 Å². The summed E-state index contributed by atoms with van der Waals surface area (Å²) in [6.45, 7) is 1.67. The van der Waals surface area contributed by atoms with Crippen molar-refractivity contribution in [1.82, 2.24) is 14.6 Å². The molecule has 4 aromatic rings. The van der Waals surface area contributed by atoms with Crippen molar-refractivity contribution in [3.63, 3.8) is 0 Å². The molecule has 142 valence electrons. The average molecular weight is 394 g/mol. The first kappa shape index (κ1) is 18.0. The summed E-state index contributed by atoms with van der Waals surface area (Å²) < 4.78 is 12.5. The molecule has 0 saturated heterocycles. The Kier molecular flexibility index (Phi) is 4.94. The van der Waals surface area contributed by atoms with Crippen LogP contribution in [-0.4, -0.2) is 33.7 Å². The number of aromatic nitrogens is 3. The Labute approximate surface area is 165 Å². The summed E-state index contributed by atoms with van der Waals surface area (Å²) in [6.07, 6.45) is -0.705. The SMILES string of the molecule is COc1ccc(OC(C)C(=O)Nc2nc3scc(-c4ccccc4)n3n2)cc1. The topological polar surface area (TPSA) is 77.8 Å². The van der Waals surface area contributed by atoms with E-state index in [0.29, 0.717) is 10.7 Å². The zero-order valence-corrected chi connectivity index (χ0v) is 16.1. The molecule has 0 radical (unpaired) electrons. The maximum atomic E-state index is 12.4. The minimum absolute atomic E-state index is 0.249. The molecule has 2 aromatic carbocycles. The summed E-state index contributed by atoms with van der Waals surface area (Å²) in [5.74, 6) is 1.23. The van der Waals surface area contributed by atoms with Crippen LogP contribution in [0.15, 0.2) is 60.0 Å². The summed E-state index contributed by atoms with van der Waals surface area (Å²) in [5, 5.41) is 9.12. The number of fused-ring (bicyclic) bond motifs is 1. The first-order chi connectivity index (χ1) is 13.6. The smallest absolute Gasteiger partial charge is 0.267 e. The number of carbonyl (C=O) groups excluding carboxylic acids is 1. The van der Waals surface area contributed by atoms with Crippen molar-refractivity contribution in [2.75, 3.05) is 12.4 Å². The lowest BCUT2D eigenvalue weighted by Gasteiger charge is -2.13. The largest absolute Gasteiger partial charge is 0.497 e. The Balaban J connectivity index is 1.46. The quantitative estimate of drug-likeness (QED) is 0.537. The second kappa shape index (κ2) is 7.69. The lowest BCUT2D eigenvalue weighted by Crippen LogP contribution is -2.30. The van der Waals surface area contributed by atoms with E-state index >= 15 is 0 Å². The molecule has 2 heterocycles. The van der Waals surface area contributed by atoms with Gasteiger partial charge in [0.05, 0.1) is 12.8 Å². The first-order valence-corrected chi connectivity index (χ1v) is 9.53. The second-order valence-corrected chi connectivity index (χ2v) is 6.88. The molecule has 0 spiro atoms.